The van der Waals surface area contributed by atoms with E-state index in [9.17, 15) is 0 Å². The third-order valence-electron chi connectivity index (χ3n) is 13.4. The van der Waals surface area contributed by atoms with Gasteiger partial charge in [0, 0.05) is 33.4 Å². The first-order valence-electron chi connectivity index (χ1n) is 27.4. The molecule has 3 aromatic heterocycles. The summed E-state index contributed by atoms with van der Waals surface area (Å²) in [6, 6.07) is 28.3. The Bertz CT molecular complexity index is 2980. The zero-order valence-corrected chi connectivity index (χ0v) is 45.6. The number of nitrogens with one attached hydrogen (secondary N) is 2. The van der Waals surface area contributed by atoms with Gasteiger partial charge in [-0.05, 0) is 139 Å². The van der Waals surface area contributed by atoms with Crippen molar-refractivity contribution in [2.24, 2.45) is 0 Å². The molecule has 0 saturated carbocycles. The predicted octanol–water partition coefficient (Wildman–Crippen LogP) is 17.6. The number of unbranched alkanes of at least 4 members (excludes halogenated alkanes) is 12. The normalized spacial score (nSPS) is 11.7. The second-order valence-corrected chi connectivity index (χ2v) is 20.0. The molecule has 0 saturated heterocycles. The van der Waals surface area contributed by atoms with E-state index in [2.05, 4.69) is 138 Å². The molecule has 0 unspecified atom stereocenters. The van der Waals surface area contributed by atoms with E-state index >= 15 is 0 Å². The molecule has 10 heteroatoms. The lowest BCUT2D eigenvalue weighted by molar-refractivity contribution is 0.292. The summed E-state index contributed by atoms with van der Waals surface area (Å²) < 4.78 is 27.8. The SMILES string of the molecule is CCCCCCOc1cccc(OCCCCCC)c1-c1c2nc(c(C#Cc3ccc(N)cc3)c3ccc([nH]3)c(-c3c(OCCCCCC)cccc3OCCCCCC)c3nc(c(Br)c4ccc1[nH]4)C=C3)C=C2. The highest BCUT2D eigenvalue weighted by atomic mass is 79.9. The molecule has 2 aliphatic rings. The molecule has 4 N–H and O–H groups in total. The van der Waals surface area contributed by atoms with Gasteiger partial charge < -0.3 is 34.6 Å². The maximum absolute atomic E-state index is 6.74. The number of hydrogen-bond donors (Lipinski definition) is 3. The van der Waals surface area contributed by atoms with Crippen LogP contribution in [-0.4, -0.2) is 46.4 Å². The van der Waals surface area contributed by atoms with Crippen LogP contribution in [0.4, 0.5) is 5.69 Å². The lowest BCUT2D eigenvalue weighted by atomic mass is 10.0. The molecule has 5 heterocycles. The highest BCUT2D eigenvalue weighted by Crippen LogP contribution is 2.46. The van der Waals surface area contributed by atoms with Gasteiger partial charge in [0.15, 0.2) is 0 Å². The molecule has 0 radical (unpaired) electrons. The van der Waals surface area contributed by atoms with Crippen molar-refractivity contribution in [1.82, 2.24) is 19.9 Å². The van der Waals surface area contributed by atoms with E-state index in [0.29, 0.717) is 37.8 Å². The van der Waals surface area contributed by atoms with Gasteiger partial charge in [-0.15, -0.1) is 0 Å². The number of H-pyrrole nitrogens is 2. The van der Waals surface area contributed by atoms with Gasteiger partial charge in [-0.25, -0.2) is 9.97 Å². The topological polar surface area (TPSA) is 120 Å². The van der Waals surface area contributed by atoms with Crippen molar-refractivity contribution in [1.29, 1.82) is 0 Å². The Morgan fingerprint density at radius 1 is 0.419 bits per heavy atom. The van der Waals surface area contributed by atoms with Gasteiger partial charge >= 0.3 is 0 Å². The quantitative estimate of drug-likeness (QED) is 0.0281. The molecule has 0 aliphatic carbocycles. The Balaban J connectivity index is 1.41. The van der Waals surface area contributed by atoms with Crippen LogP contribution in [0.15, 0.2) is 89.4 Å². The van der Waals surface area contributed by atoms with Gasteiger partial charge in [-0.1, -0.05) is 129 Å². The minimum absolute atomic E-state index is 0.592. The van der Waals surface area contributed by atoms with Crippen molar-refractivity contribution in [2.45, 2.75) is 130 Å². The molecular formula is C64H74BrN5O4. The molecule has 8 bridgehead atoms. The predicted molar refractivity (Wildman–Crippen MR) is 313 cm³/mol. The van der Waals surface area contributed by atoms with Gasteiger partial charge in [0.2, 0.25) is 0 Å². The van der Waals surface area contributed by atoms with Crippen LogP contribution < -0.4 is 24.7 Å². The van der Waals surface area contributed by atoms with Crippen molar-refractivity contribution in [3.8, 4) is 57.1 Å². The number of fused-ring (bicyclic) bond motifs is 8. The van der Waals surface area contributed by atoms with E-state index in [1.165, 1.54) is 25.7 Å². The highest BCUT2D eigenvalue weighted by Gasteiger charge is 2.24. The number of hydrogen-bond acceptors (Lipinski definition) is 7. The molecular weight excluding hydrogens is 983 g/mol. The van der Waals surface area contributed by atoms with E-state index < -0.39 is 0 Å². The first-order valence-corrected chi connectivity index (χ1v) is 28.2. The monoisotopic (exact) mass is 1060 g/mol. The lowest BCUT2D eigenvalue weighted by Gasteiger charge is -2.18. The highest BCUT2D eigenvalue weighted by molar-refractivity contribution is 9.10. The first-order chi connectivity index (χ1) is 36.4. The lowest BCUT2D eigenvalue weighted by Crippen LogP contribution is -2.04. The number of ether oxygens (including phenoxy) is 4. The Morgan fingerprint density at radius 2 is 0.811 bits per heavy atom. The minimum Gasteiger partial charge on any atom is -0.493 e. The van der Waals surface area contributed by atoms with Crippen LogP contribution >= 0.6 is 15.9 Å². The summed E-state index contributed by atoms with van der Waals surface area (Å²) in [5.74, 6) is 10.0. The number of benzene rings is 3. The molecule has 2 aliphatic heterocycles. The summed E-state index contributed by atoms with van der Waals surface area (Å²) in [5.41, 5.74) is 18.2. The number of halogens is 1. The van der Waals surface area contributed by atoms with Crippen LogP contribution in [-0.2, 0) is 0 Å². The van der Waals surface area contributed by atoms with Crippen LogP contribution in [0.2, 0.25) is 0 Å². The fraction of sp³-hybridized carbons (Fsp3) is 0.375. The second-order valence-electron chi connectivity index (χ2n) is 19.2. The Labute approximate surface area is 447 Å². The number of rotatable bonds is 26. The number of nitrogens with zero attached hydrogens (tertiary/aromatic N) is 2. The molecule has 74 heavy (non-hydrogen) atoms. The number of aromatic amines is 2. The van der Waals surface area contributed by atoms with E-state index in [-0.39, 0.29) is 0 Å². The number of nitrogen functional groups attached to an aromatic ring is 1. The molecule has 386 valence electrons. The molecule has 0 fully saturated rings. The standard InChI is InChI=1S/C64H74BrN5O4/c1-5-9-13-17-41-71-56-23-21-24-57(72-42-18-14-10-6-2)62(56)60-50-35-33-48(67-50)47(32-29-45-27-30-46(66)31-28-45)49-34-36-51(68-49)61(53-38-40-55(70-53)64(65)54-39-37-52(60)69-54)63-58(73-43-19-15-11-7-3)25-22-26-59(63)74-44-20-16-12-8-4/h21-28,30-31,33-40,67,70H,5-20,41-44,66H2,1-4H3. The Morgan fingerprint density at radius 3 is 1.27 bits per heavy atom. The van der Waals surface area contributed by atoms with Crippen LogP contribution in [0.3, 0.4) is 0 Å². The van der Waals surface area contributed by atoms with Gasteiger partial charge in [-0.3, -0.25) is 0 Å². The van der Waals surface area contributed by atoms with Gasteiger partial charge in [0.25, 0.3) is 0 Å². The van der Waals surface area contributed by atoms with Crippen molar-refractivity contribution in [2.75, 3.05) is 32.2 Å². The molecule has 0 spiro atoms. The van der Waals surface area contributed by atoms with E-state index in [4.69, 9.17) is 34.6 Å². The molecule has 9 nitrogen and oxygen atoms in total. The van der Waals surface area contributed by atoms with Crippen LogP contribution in [0.25, 0.3) is 68.6 Å². The molecule has 3 aromatic carbocycles. The summed E-state index contributed by atoms with van der Waals surface area (Å²) in [4.78, 5) is 18.6. The number of nitrogens with two attached hydrogens (primary N) is 1. The number of aromatic nitrogens is 4. The fourth-order valence-electron chi connectivity index (χ4n) is 9.37. The van der Waals surface area contributed by atoms with Crippen molar-refractivity contribution < 1.29 is 18.9 Å². The van der Waals surface area contributed by atoms with E-state index in [0.717, 1.165) is 177 Å². The van der Waals surface area contributed by atoms with Crippen molar-refractivity contribution in [3.05, 3.63) is 123 Å². The Hall–Kier alpha value is -6.70. The minimum atomic E-state index is 0.592. The zero-order valence-electron chi connectivity index (χ0n) is 44.0. The van der Waals surface area contributed by atoms with Crippen molar-refractivity contribution in [3.63, 3.8) is 0 Å². The second kappa shape index (κ2) is 27.5. The van der Waals surface area contributed by atoms with Gasteiger partial charge in [0.1, 0.15) is 23.0 Å². The smallest absolute Gasteiger partial charge is 0.131 e. The molecule has 6 aromatic rings. The molecule has 8 rings (SSSR count). The average molecular weight is 1060 g/mol. The fourth-order valence-corrected chi connectivity index (χ4v) is 9.82. The van der Waals surface area contributed by atoms with Crippen LogP contribution in [0.5, 0.6) is 23.0 Å². The third-order valence-corrected chi connectivity index (χ3v) is 14.3. The maximum Gasteiger partial charge on any atom is 0.131 e. The van der Waals surface area contributed by atoms with Crippen LogP contribution in [0.1, 0.15) is 164 Å². The van der Waals surface area contributed by atoms with Crippen LogP contribution in [0, 0.1) is 11.8 Å². The Kier molecular flexibility index (Phi) is 20.0. The largest absolute Gasteiger partial charge is 0.493 e. The maximum atomic E-state index is 6.74. The first kappa shape index (κ1) is 53.6. The molecule has 0 atom stereocenters. The van der Waals surface area contributed by atoms with Crippen molar-refractivity contribution >= 4 is 68.0 Å². The third kappa shape index (κ3) is 13.7. The summed E-state index contributed by atoms with van der Waals surface area (Å²) >= 11 is 4.03. The number of anilines is 1. The summed E-state index contributed by atoms with van der Waals surface area (Å²) in [5, 5.41) is 0. The average Bonchev–Trinajstić information content (AvgIpc) is 4.28. The zero-order chi connectivity index (χ0) is 51.5. The summed E-state index contributed by atoms with van der Waals surface area (Å²) in [7, 11) is 0. The molecule has 0 amide bonds. The van der Waals surface area contributed by atoms with Gasteiger partial charge in [-0.2, -0.15) is 0 Å². The van der Waals surface area contributed by atoms with E-state index in [1.54, 1.807) is 0 Å². The summed E-state index contributed by atoms with van der Waals surface area (Å²) in [6.07, 6.45) is 25.9. The van der Waals surface area contributed by atoms with Gasteiger partial charge in [0.05, 0.1) is 81.4 Å². The van der Waals surface area contributed by atoms with E-state index in [1.807, 2.05) is 36.4 Å². The summed E-state index contributed by atoms with van der Waals surface area (Å²) in [6.45, 7) is 11.3.